The van der Waals surface area contributed by atoms with Gasteiger partial charge in [-0.25, -0.2) is 9.97 Å². The number of para-hydroxylation sites is 3. The number of hydrogen-bond acceptors (Lipinski definition) is 4. The van der Waals surface area contributed by atoms with Gasteiger partial charge >= 0.3 is 0 Å². The summed E-state index contributed by atoms with van der Waals surface area (Å²) in [5.41, 5.74) is 14.9. The van der Waals surface area contributed by atoms with Gasteiger partial charge in [0.2, 0.25) is 5.95 Å². The van der Waals surface area contributed by atoms with Crippen LogP contribution in [0.15, 0.2) is 199 Å². The molecule has 3 aliphatic rings. The Hall–Kier alpha value is -7.76. The molecule has 0 fully saturated rings. The number of fused-ring (bicyclic) bond motifs is 11. The molecule has 0 saturated heterocycles. The van der Waals surface area contributed by atoms with Crippen molar-refractivity contribution in [1.82, 2.24) is 14.5 Å². The van der Waals surface area contributed by atoms with E-state index in [2.05, 4.69) is 218 Å². The largest absolute Gasteiger partial charge is 0.456 e. The Morgan fingerprint density at radius 1 is 0.619 bits per heavy atom. The fourth-order valence-corrected chi connectivity index (χ4v) is 10.8. The summed E-state index contributed by atoms with van der Waals surface area (Å²) in [4.78, 5) is 13.2. The maximum Gasteiger partial charge on any atom is 0.231 e. The third-order valence-corrected chi connectivity index (χ3v) is 13.9. The summed E-state index contributed by atoms with van der Waals surface area (Å²) < 4.78 is 9.37. The molecule has 3 aromatic heterocycles. The van der Waals surface area contributed by atoms with E-state index in [9.17, 15) is 0 Å². The lowest BCUT2D eigenvalue weighted by atomic mass is 9.75. The molecule has 5 nitrogen and oxygen atoms in total. The summed E-state index contributed by atoms with van der Waals surface area (Å²) >= 11 is 0. The van der Waals surface area contributed by atoms with Gasteiger partial charge in [-0.3, -0.25) is 0 Å². The normalized spacial score (nSPS) is 19.1. The Labute approximate surface area is 365 Å². The molecule has 300 valence electrons. The van der Waals surface area contributed by atoms with Crippen LogP contribution in [0.25, 0.3) is 93.9 Å². The van der Waals surface area contributed by atoms with Crippen LogP contribution in [0.3, 0.4) is 0 Å². The minimum Gasteiger partial charge on any atom is -0.456 e. The van der Waals surface area contributed by atoms with Crippen LogP contribution in [-0.2, 0) is 5.41 Å². The van der Waals surface area contributed by atoms with E-state index in [1.165, 1.54) is 38.6 Å². The Morgan fingerprint density at radius 3 is 2.21 bits per heavy atom. The van der Waals surface area contributed by atoms with Crippen LogP contribution in [0.2, 0.25) is 0 Å². The summed E-state index contributed by atoms with van der Waals surface area (Å²) in [6.45, 7) is 4.66. The van der Waals surface area contributed by atoms with Gasteiger partial charge in [0.15, 0.2) is 0 Å². The number of furan rings is 1. The van der Waals surface area contributed by atoms with Gasteiger partial charge in [0, 0.05) is 60.7 Å². The van der Waals surface area contributed by atoms with Gasteiger partial charge in [0.05, 0.1) is 34.0 Å². The van der Waals surface area contributed by atoms with E-state index in [1.807, 2.05) is 0 Å². The van der Waals surface area contributed by atoms with Gasteiger partial charge in [0.1, 0.15) is 11.2 Å². The van der Waals surface area contributed by atoms with Crippen LogP contribution in [-0.4, -0.2) is 20.6 Å². The lowest BCUT2D eigenvalue weighted by Gasteiger charge is -2.33. The first-order valence-electron chi connectivity index (χ1n) is 22.0. The summed E-state index contributed by atoms with van der Waals surface area (Å²) in [5.74, 6) is 1.10. The summed E-state index contributed by atoms with van der Waals surface area (Å²) in [6, 6.07) is 54.4. The SMILES string of the molecule is CC1CC=CC=C1n1c2ccccc2c2cc(-c3ccc(-c4cc5c(oc6ccccc65)c5c4N(c4nc(-c6ccccc6)c6ccccc6n4)C4C=CC=CC54C)cc3)ccc21. The molecule has 0 N–H and O–H groups in total. The highest BCUT2D eigenvalue weighted by molar-refractivity contribution is 6.13. The number of benzene rings is 7. The fourth-order valence-electron chi connectivity index (χ4n) is 10.8. The molecule has 0 spiro atoms. The second-order valence-corrected chi connectivity index (χ2v) is 17.5. The second-order valence-electron chi connectivity index (χ2n) is 17.5. The van der Waals surface area contributed by atoms with Crippen molar-refractivity contribution in [1.29, 1.82) is 0 Å². The molecule has 7 aromatic carbocycles. The van der Waals surface area contributed by atoms with Gasteiger partial charge < -0.3 is 13.9 Å². The molecule has 4 heterocycles. The minimum absolute atomic E-state index is 0.101. The van der Waals surface area contributed by atoms with E-state index in [4.69, 9.17) is 14.4 Å². The standard InChI is InChI=1S/C58H42N4O/c1-36-16-6-11-23-48(36)61-49-24-12-8-19-41(49)45-34-40(31-32-50(45)61)37-27-29-38(30-28-37)44-35-46-42-20-9-13-25-51(42)63-56(46)53-55(44)62(52-26-14-15-33-58(52,53)2)57-59-47-22-10-7-21-43(47)54(60-57)39-17-4-3-5-18-39/h3-15,17-36,52H,16H2,1-2H3. The Kier molecular flexibility index (Phi) is 7.77. The van der Waals surface area contributed by atoms with E-state index in [0.717, 1.165) is 72.9 Å². The van der Waals surface area contributed by atoms with Crippen LogP contribution in [0, 0.1) is 5.92 Å². The molecule has 0 saturated carbocycles. The number of aromatic nitrogens is 3. The maximum atomic E-state index is 6.90. The first kappa shape index (κ1) is 35.9. The summed E-state index contributed by atoms with van der Waals surface area (Å²) in [7, 11) is 0. The van der Waals surface area contributed by atoms with Gasteiger partial charge in [-0.2, -0.15) is 0 Å². The molecule has 10 aromatic rings. The lowest BCUT2D eigenvalue weighted by molar-refractivity contribution is 0.540. The molecule has 0 radical (unpaired) electrons. The predicted molar refractivity (Wildman–Crippen MR) is 261 cm³/mol. The van der Waals surface area contributed by atoms with E-state index < -0.39 is 5.41 Å². The van der Waals surface area contributed by atoms with Gasteiger partial charge in [-0.05, 0) is 72.5 Å². The lowest BCUT2D eigenvalue weighted by Crippen LogP contribution is -2.40. The number of nitrogens with zero attached hydrogens (tertiary/aromatic N) is 4. The van der Waals surface area contributed by atoms with Crippen LogP contribution in [0.5, 0.6) is 0 Å². The summed E-state index contributed by atoms with van der Waals surface area (Å²) in [5, 5.41) is 5.78. The zero-order valence-electron chi connectivity index (χ0n) is 35.0. The van der Waals surface area contributed by atoms with Gasteiger partial charge in [-0.1, -0.05) is 159 Å². The maximum absolute atomic E-state index is 6.90. The van der Waals surface area contributed by atoms with E-state index in [1.54, 1.807) is 0 Å². The zero-order valence-corrected chi connectivity index (χ0v) is 35.0. The highest BCUT2D eigenvalue weighted by Gasteiger charge is 2.51. The Morgan fingerprint density at radius 2 is 1.35 bits per heavy atom. The molecule has 63 heavy (non-hydrogen) atoms. The molecule has 3 unspecified atom stereocenters. The third kappa shape index (κ3) is 5.29. The number of hydrogen-bond donors (Lipinski definition) is 0. The second kappa shape index (κ2) is 13.6. The predicted octanol–water partition coefficient (Wildman–Crippen LogP) is 15.0. The van der Waals surface area contributed by atoms with Crippen LogP contribution in [0.4, 0.5) is 11.6 Å². The van der Waals surface area contributed by atoms with Crippen LogP contribution in [0.1, 0.15) is 25.8 Å². The van der Waals surface area contributed by atoms with Crippen LogP contribution < -0.4 is 4.90 Å². The number of allylic oxidation sites excluding steroid dienone is 6. The average Bonchev–Trinajstić information content (AvgIpc) is 3.96. The molecule has 0 bridgehead atoms. The zero-order chi connectivity index (χ0) is 41.8. The first-order chi connectivity index (χ1) is 31.0. The van der Waals surface area contributed by atoms with Crippen molar-refractivity contribution in [3.05, 3.63) is 200 Å². The van der Waals surface area contributed by atoms with Crippen LogP contribution >= 0.6 is 0 Å². The van der Waals surface area contributed by atoms with Gasteiger partial charge in [-0.15, -0.1) is 0 Å². The van der Waals surface area contributed by atoms with Crippen molar-refractivity contribution >= 4 is 72.0 Å². The van der Waals surface area contributed by atoms with Crippen molar-refractivity contribution in [2.24, 2.45) is 5.92 Å². The summed E-state index contributed by atoms with van der Waals surface area (Å²) in [6.07, 6.45) is 16.8. The first-order valence-corrected chi connectivity index (χ1v) is 22.0. The van der Waals surface area contributed by atoms with E-state index in [-0.39, 0.29) is 6.04 Å². The Balaban J connectivity index is 1.02. The quantitative estimate of drug-likeness (QED) is 0.174. The topological polar surface area (TPSA) is 47.1 Å². The monoisotopic (exact) mass is 810 g/mol. The smallest absolute Gasteiger partial charge is 0.231 e. The molecule has 2 aliphatic carbocycles. The van der Waals surface area contributed by atoms with Crippen molar-refractivity contribution < 1.29 is 4.42 Å². The van der Waals surface area contributed by atoms with Crippen molar-refractivity contribution in [3.8, 4) is 33.5 Å². The van der Waals surface area contributed by atoms with Crippen molar-refractivity contribution in [2.75, 3.05) is 4.90 Å². The minimum atomic E-state index is -0.440. The molecule has 5 heteroatoms. The molecular formula is C58H42N4O. The van der Waals surface area contributed by atoms with Crippen molar-refractivity contribution in [2.45, 2.75) is 31.7 Å². The third-order valence-electron chi connectivity index (χ3n) is 13.9. The van der Waals surface area contributed by atoms with Crippen molar-refractivity contribution in [3.63, 3.8) is 0 Å². The molecule has 3 atom stereocenters. The molecule has 1 aliphatic heterocycles. The van der Waals surface area contributed by atoms with E-state index >= 15 is 0 Å². The number of rotatable bonds is 5. The molecular weight excluding hydrogens is 769 g/mol. The van der Waals surface area contributed by atoms with Gasteiger partial charge in [0.25, 0.3) is 0 Å². The Bertz CT molecular complexity index is 3640. The fraction of sp³-hybridized carbons (Fsp3) is 0.103. The highest BCUT2D eigenvalue weighted by atomic mass is 16.3. The molecule has 0 amide bonds. The molecule has 13 rings (SSSR count). The number of anilines is 2. The average molecular weight is 811 g/mol. The van der Waals surface area contributed by atoms with E-state index in [0.29, 0.717) is 11.9 Å². The highest BCUT2D eigenvalue weighted by Crippen LogP contribution is 2.58.